The number of ether oxygens (including phenoxy) is 1. The average Bonchev–Trinajstić information content (AvgIpc) is 3.72. The Morgan fingerprint density at radius 3 is 2.63 bits per heavy atom. The lowest BCUT2D eigenvalue weighted by Gasteiger charge is -2.25. The van der Waals surface area contributed by atoms with Crippen LogP contribution in [0.15, 0.2) is 60.9 Å². The van der Waals surface area contributed by atoms with E-state index in [-0.39, 0.29) is 5.56 Å². The molecule has 6 rings (SSSR count). The first kappa shape index (κ1) is 28.6. The highest BCUT2D eigenvalue weighted by molar-refractivity contribution is 6.04. The summed E-state index contributed by atoms with van der Waals surface area (Å²) in [6.07, 6.45) is -0.823. The Morgan fingerprint density at radius 1 is 1.05 bits per heavy atom. The monoisotopic (exact) mass is 592 g/mol. The van der Waals surface area contributed by atoms with Crippen molar-refractivity contribution in [1.82, 2.24) is 24.6 Å². The van der Waals surface area contributed by atoms with Gasteiger partial charge in [-0.2, -0.15) is 23.0 Å². The number of carbonyl (C=O) groups excluding carboxylic acids is 1. The van der Waals surface area contributed by atoms with Crippen molar-refractivity contribution in [2.45, 2.75) is 38.5 Å². The Hall–Kier alpha value is -4.49. The van der Waals surface area contributed by atoms with E-state index in [2.05, 4.69) is 30.8 Å². The first-order valence-corrected chi connectivity index (χ1v) is 14.1. The fourth-order valence-corrected chi connectivity index (χ4v) is 4.75. The molecule has 0 spiro atoms. The number of nitrogens with one attached hydrogen (secondary N) is 3. The van der Waals surface area contributed by atoms with Crippen LogP contribution < -0.4 is 16.0 Å². The first-order chi connectivity index (χ1) is 20.7. The maximum Gasteiger partial charge on any atom is 0.416 e. The zero-order valence-electron chi connectivity index (χ0n) is 23.5. The van der Waals surface area contributed by atoms with Gasteiger partial charge in [0.2, 0.25) is 0 Å². The van der Waals surface area contributed by atoms with E-state index in [1.807, 2.05) is 25.1 Å². The molecule has 3 heterocycles. The molecule has 10 nitrogen and oxygen atoms in total. The second kappa shape index (κ2) is 12.0. The molecular formula is C30H31F3N8O2. The van der Waals surface area contributed by atoms with Gasteiger partial charge in [-0.25, -0.2) is 9.97 Å². The summed E-state index contributed by atoms with van der Waals surface area (Å²) in [5.41, 5.74) is 1.87. The number of hydrogen-bond acceptors (Lipinski definition) is 8. The standard InChI is InChI=1S/C30H31F3N8O2/c1-19-5-6-23(37-29(42)20-3-2-4-21(13-20)30(31,32)33)14-25(19)38-28-15-24(17-40-9-11-43-12-10-40)39-41(28)27-16-26(34-18-35-27)36-22-7-8-22/h2-6,13-16,18,22,38H,7-12,17H2,1H3,(H,37,42)(H,34,35,36). The molecule has 1 aliphatic carbocycles. The summed E-state index contributed by atoms with van der Waals surface area (Å²) in [6, 6.07) is 13.8. The van der Waals surface area contributed by atoms with Crippen molar-refractivity contribution in [3.8, 4) is 5.82 Å². The number of aryl methyl sites for hydroxylation is 1. The van der Waals surface area contributed by atoms with Gasteiger partial charge < -0.3 is 20.7 Å². The third kappa shape index (κ3) is 7.12. The Bertz CT molecular complexity index is 1610. The van der Waals surface area contributed by atoms with E-state index >= 15 is 0 Å². The number of nitrogens with zero attached hydrogens (tertiary/aromatic N) is 5. The van der Waals surface area contributed by atoms with Crippen molar-refractivity contribution in [1.29, 1.82) is 0 Å². The topological polar surface area (TPSA) is 109 Å². The molecule has 224 valence electrons. The molecule has 2 aromatic heterocycles. The molecule has 43 heavy (non-hydrogen) atoms. The van der Waals surface area contributed by atoms with E-state index in [4.69, 9.17) is 9.84 Å². The molecule has 0 radical (unpaired) electrons. The molecule has 1 aliphatic heterocycles. The summed E-state index contributed by atoms with van der Waals surface area (Å²) in [6.45, 7) is 5.52. The van der Waals surface area contributed by atoms with Crippen molar-refractivity contribution in [2.24, 2.45) is 0 Å². The molecule has 0 bridgehead atoms. The van der Waals surface area contributed by atoms with Gasteiger partial charge in [0.15, 0.2) is 5.82 Å². The molecule has 4 aromatic rings. The van der Waals surface area contributed by atoms with Gasteiger partial charge >= 0.3 is 6.18 Å². The Labute approximate surface area is 246 Å². The van der Waals surface area contributed by atoms with Crippen LogP contribution in [0.4, 0.5) is 36.2 Å². The number of anilines is 4. The van der Waals surface area contributed by atoms with Gasteiger partial charge in [0.25, 0.3) is 5.91 Å². The van der Waals surface area contributed by atoms with E-state index in [9.17, 15) is 18.0 Å². The van der Waals surface area contributed by atoms with Crippen LogP contribution in [0.2, 0.25) is 0 Å². The van der Waals surface area contributed by atoms with Crippen LogP contribution in [0.3, 0.4) is 0 Å². The number of benzene rings is 2. The van der Waals surface area contributed by atoms with E-state index < -0.39 is 17.6 Å². The van der Waals surface area contributed by atoms with Gasteiger partial charge in [-0.1, -0.05) is 12.1 Å². The van der Waals surface area contributed by atoms with E-state index in [0.29, 0.717) is 48.8 Å². The predicted molar refractivity (Wildman–Crippen MR) is 156 cm³/mol. The normalized spacial score (nSPS) is 15.7. The van der Waals surface area contributed by atoms with Crippen LogP contribution in [-0.2, 0) is 17.5 Å². The largest absolute Gasteiger partial charge is 0.416 e. The lowest BCUT2D eigenvalue weighted by atomic mass is 10.1. The van der Waals surface area contributed by atoms with Crippen LogP contribution in [0.25, 0.3) is 5.82 Å². The zero-order valence-corrected chi connectivity index (χ0v) is 23.5. The van der Waals surface area contributed by atoms with E-state index in [1.165, 1.54) is 18.5 Å². The van der Waals surface area contributed by atoms with Gasteiger partial charge in [0.05, 0.1) is 24.5 Å². The zero-order chi connectivity index (χ0) is 30.0. The number of amides is 1. The second-order valence-corrected chi connectivity index (χ2v) is 10.7. The SMILES string of the molecule is Cc1ccc(NC(=O)c2cccc(C(F)(F)F)c2)cc1Nc1cc(CN2CCOCC2)nn1-c1cc(NC2CC2)ncn1. The smallest absolute Gasteiger partial charge is 0.379 e. The number of morpholine rings is 1. The number of alkyl halides is 3. The van der Waals surface area contributed by atoms with Gasteiger partial charge in [-0.15, -0.1) is 0 Å². The molecule has 1 saturated heterocycles. The highest BCUT2D eigenvalue weighted by Gasteiger charge is 2.31. The summed E-state index contributed by atoms with van der Waals surface area (Å²) < 4.78 is 46.7. The van der Waals surface area contributed by atoms with Crippen LogP contribution in [0.1, 0.15) is 40.0 Å². The van der Waals surface area contributed by atoms with Crippen molar-refractivity contribution in [2.75, 3.05) is 42.3 Å². The summed E-state index contributed by atoms with van der Waals surface area (Å²) in [4.78, 5) is 23.9. The lowest BCUT2D eigenvalue weighted by Crippen LogP contribution is -2.35. The van der Waals surface area contributed by atoms with Crippen molar-refractivity contribution < 1.29 is 22.7 Å². The Balaban J connectivity index is 1.27. The van der Waals surface area contributed by atoms with E-state index in [1.54, 1.807) is 16.8 Å². The third-order valence-corrected chi connectivity index (χ3v) is 7.26. The van der Waals surface area contributed by atoms with Gasteiger partial charge in [-0.3, -0.25) is 9.69 Å². The molecule has 3 N–H and O–H groups in total. The molecular weight excluding hydrogens is 561 g/mol. The number of aromatic nitrogens is 4. The molecule has 0 unspecified atom stereocenters. The first-order valence-electron chi connectivity index (χ1n) is 14.1. The minimum absolute atomic E-state index is 0.0879. The molecule has 1 saturated carbocycles. The average molecular weight is 593 g/mol. The number of hydrogen-bond donors (Lipinski definition) is 3. The lowest BCUT2D eigenvalue weighted by molar-refractivity contribution is -0.137. The fourth-order valence-electron chi connectivity index (χ4n) is 4.75. The molecule has 0 atom stereocenters. The predicted octanol–water partition coefficient (Wildman–Crippen LogP) is 5.39. The van der Waals surface area contributed by atoms with E-state index in [0.717, 1.165) is 55.1 Å². The maximum absolute atomic E-state index is 13.2. The number of rotatable bonds is 9. The number of halogens is 3. The summed E-state index contributed by atoms with van der Waals surface area (Å²) >= 11 is 0. The van der Waals surface area contributed by atoms with Crippen LogP contribution in [0, 0.1) is 6.92 Å². The van der Waals surface area contributed by atoms with Crippen LogP contribution in [-0.4, -0.2) is 62.9 Å². The third-order valence-electron chi connectivity index (χ3n) is 7.26. The van der Waals surface area contributed by atoms with Gasteiger partial charge in [-0.05, 0) is 55.7 Å². The maximum atomic E-state index is 13.2. The summed E-state index contributed by atoms with van der Waals surface area (Å²) in [7, 11) is 0. The van der Waals surface area contributed by atoms with Crippen molar-refractivity contribution >= 4 is 28.9 Å². The Kier molecular flexibility index (Phi) is 8.00. The fraction of sp³-hybridized carbons (Fsp3) is 0.333. The van der Waals surface area contributed by atoms with Crippen LogP contribution in [0.5, 0.6) is 0 Å². The molecule has 2 aromatic carbocycles. The Morgan fingerprint density at radius 2 is 1.86 bits per heavy atom. The minimum atomic E-state index is -4.54. The summed E-state index contributed by atoms with van der Waals surface area (Å²) in [5, 5.41) is 14.4. The molecule has 2 aliphatic rings. The van der Waals surface area contributed by atoms with Crippen molar-refractivity contribution in [3.05, 3.63) is 83.3 Å². The number of carbonyl (C=O) groups is 1. The second-order valence-electron chi connectivity index (χ2n) is 10.7. The highest BCUT2D eigenvalue weighted by Crippen LogP contribution is 2.31. The van der Waals surface area contributed by atoms with Gasteiger partial charge in [0, 0.05) is 54.7 Å². The van der Waals surface area contributed by atoms with Crippen molar-refractivity contribution in [3.63, 3.8) is 0 Å². The van der Waals surface area contributed by atoms with Gasteiger partial charge in [0.1, 0.15) is 18.0 Å². The van der Waals surface area contributed by atoms with Crippen LogP contribution >= 0.6 is 0 Å². The quantitative estimate of drug-likeness (QED) is 0.237. The summed E-state index contributed by atoms with van der Waals surface area (Å²) in [5.74, 6) is 1.32. The molecule has 13 heteroatoms. The molecule has 2 fully saturated rings. The minimum Gasteiger partial charge on any atom is -0.379 e. The highest BCUT2D eigenvalue weighted by atomic mass is 19.4. The molecule has 1 amide bonds.